The highest BCUT2D eigenvalue weighted by molar-refractivity contribution is 5.80. The van der Waals surface area contributed by atoms with Gasteiger partial charge in [0.15, 0.2) is 0 Å². The first-order valence-corrected chi connectivity index (χ1v) is 6.14. The van der Waals surface area contributed by atoms with Crippen molar-refractivity contribution in [2.75, 3.05) is 6.54 Å². The van der Waals surface area contributed by atoms with E-state index in [-0.39, 0.29) is 18.9 Å². The fourth-order valence-electron chi connectivity index (χ4n) is 1.69. The van der Waals surface area contributed by atoms with Crippen molar-refractivity contribution in [3.8, 4) is 0 Å². The lowest BCUT2D eigenvalue weighted by Crippen LogP contribution is -2.39. The van der Waals surface area contributed by atoms with Crippen LogP contribution in [0, 0.1) is 19.3 Å². The molecular weight excluding hydrogens is 246 g/mol. The predicted octanol–water partition coefficient (Wildman–Crippen LogP) is 0.806. The maximum atomic E-state index is 11.9. The van der Waals surface area contributed by atoms with Crippen LogP contribution < -0.4 is 5.32 Å². The summed E-state index contributed by atoms with van der Waals surface area (Å²) in [5.74, 6) is -1.12. The Balaban J connectivity index is 2.64. The largest absolute Gasteiger partial charge is 0.481 e. The van der Waals surface area contributed by atoms with E-state index in [1.54, 1.807) is 18.5 Å². The van der Waals surface area contributed by atoms with Gasteiger partial charge in [-0.25, -0.2) is 0 Å². The summed E-state index contributed by atoms with van der Waals surface area (Å²) in [4.78, 5) is 22.8. The summed E-state index contributed by atoms with van der Waals surface area (Å²) in [5, 5.41) is 15.9. The van der Waals surface area contributed by atoms with Gasteiger partial charge in [0.25, 0.3) is 0 Å². The number of carboxylic acids is 1. The number of nitrogens with one attached hydrogen (secondary N) is 1. The Hall–Kier alpha value is -1.85. The molecule has 0 aliphatic heterocycles. The standard InChI is InChI=1S/C13H21N3O3/c1-8-10(9(2)16(5)15-8)6-11(17)14-7-13(3,4)12(18)19/h6-7H2,1-5H3,(H,14,17)(H,18,19). The normalized spacial score (nSPS) is 11.4. The third-order valence-electron chi connectivity index (χ3n) is 3.30. The molecular formula is C13H21N3O3. The van der Waals surface area contributed by atoms with Crippen LogP contribution in [0.1, 0.15) is 30.8 Å². The van der Waals surface area contributed by atoms with Gasteiger partial charge in [-0.05, 0) is 27.7 Å². The van der Waals surface area contributed by atoms with E-state index in [1.165, 1.54) is 0 Å². The zero-order chi connectivity index (χ0) is 14.8. The van der Waals surface area contributed by atoms with Gasteiger partial charge in [-0.1, -0.05) is 0 Å². The van der Waals surface area contributed by atoms with Gasteiger partial charge < -0.3 is 10.4 Å². The minimum atomic E-state index is -0.964. The number of aryl methyl sites for hydroxylation is 2. The van der Waals surface area contributed by atoms with Crippen LogP contribution in [0.15, 0.2) is 0 Å². The van der Waals surface area contributed by atoms with Crippen LogP contribution in [0.25, 0.3) is 0 Å². The van der Waals surface area contributed by atoms with E-state index in [2.05, 4.69) is 10.4 Å². The molecule has 0 fully saturated rings. The number of rotatable bonds is 5. The molecule has 106 valence electrons. The van der Waals surface area contributed by atoms with Gasteiger partial charge in [-0.15, -0.1) is 0 Å². The fraction of sp³-hybridized carbons (Fsp3) is 0.615. The van der Waals surface area contributed by atoms with Gasteiger partial charge in [-0.3, -0.25) is 14.3 Å². The van der Waals surface area contributed by atoms with Crippen LogP contribution in [0.2, 0.25) is 0 Å². The molecule has 1 amide bonds. The molecule has 0 unspecified atom stereocenters. The number of aromatic nitrogens is 2. The van der Waals surface area contributed by atoms with Crippen LogP contribution in [0.4, 0.5) is 0 Å². The fourth-order valence-corrected chi connectivity index (χ4v) is 1.69. The third kappa shape index (κ3) is 3.56. The van der Waals surface area contributed by atoms with E-state index in [9.17, 15) is 9.59 Å². The van der Waals surface area contributed by atoms with Gasteiger partial charge in [0.05, 0.1) is 17.5 Å². The Morgan fingerprint density at radius 2 is 1.95 bits per heavy atom. The SMILES string of the molecule is Cc1nn(C)c(C)c1CC(=O)NCC(C)(C)C(=O)O. The molecule has 0 saturated heterocycles. The van der Waals surface area contributed by atoms with Crippen molar-refractivity contribution in [2.45, 2.75) is 34.1 Å². The van der Waals surface area contributed by atoms with E-state index in [1.807, 2.05) is 20.9 Å². The predicted molar refractivity (Wildman–Crippen MR) is 70.8 cm³/mol. The molecule has 0 bridgehead atoms. The number of aliphatic carboxylic acids is 1. The second-order valence-corrected chi connectivity index (χ2v) is 5.42. The highest BCUT2D eigenvalue weighted by atomic mass is 16.4. The van der Waals surface area contributed by atoms with Crippen molar-refractivity contribution in [1.29, 1.82) is 0 Å². The molecule has 1 aromatic heterocycles. The molecule has 2 N–H and O–H groups in total. The van der Waals surface area contributed by atoms with Crippen molar-refractivity contribution in [1.82, 2.24) is 15.1 Å². The molecule has 0 aromatic carbocycles. The maximum absolute atomic E-state index is 11.9. The van der Waals surface area contributed by atoms with Gasteiger partial charge >= 0.3 is 5.97 Å². The molecule has 0 radical (unpaired) electrons. The molecule has 0 aliphatic rings. The number of nitrogens with zero attached hydrogens (tertiary/aromatic N) is 2. The first kappa shape index (κ1) is 15.2. The molecule has 1 aromatic rings. The second kappa shape index (κ2) is 5.42. The Morgan fingerprint density at radius 1 is 1.37 bits per heavy atom. The van der Waals surface area contributed by atoms with Crippen LogP contribution in [-0.4, -0.2) is 33.3 Å². The summed E-state index contributed by atoms with van der Waals surface area (Å²) >= 11 is 0. The number of carbonyl (C=O) groups excluding carboxylic acids is 1. The Bertz CT molecular complexity index is 503. The number of carbonyl (C=O) groups is 2. The van der Waals surface area contributed by atoms with Crippen LogP contribution in [0.3, 0.4) is 0 Å². The van der Waals surface area contributed by atoms with Crippen molar-refractivity contribution >= 4 is 11.9 Å². The van der Waals surface area contributed by atoms with Gasteiger partial charge in [0, 0.05) is 24.8 Å². The summed E-state index contributed by atoms with van der Waals surface area (Å²) in [7, 11) is 1.83. The topological polar surface area (TPSA) is 84.2 Å². The molecule has 0 atom stereocenters. The highest BCUT2D eigenvalue weighted by Gasteiger charge is 2.27. The Morgan fingerprint density at radius 3 is 2.37 bits per heavy atom. The average molecular weight is 267 g/mol. The first-order valence-electron chi connectivity index (χ1n) is 6.14. The molecule has 0 saturated carbocycles. The lowest BCUT2D eigenvalue weighted by atomic mass is 9.94. The quantitative estimate of drug-likeness (QED) is 0.826. The highest BCUT2D eigenvalue weighted by Crippen LogP contribution is 2.15. The average Bonchev–Trinajstić information content (AvgIpc) is 2.53. The van der Waals surface area contributed by atoms with Crippen LogP contribution in [0.5, 0.6) is 0 Å². The van der Waals surface area contributed by atoms with E-state index in [0.29, 0.717) is 0 Å². The van der Waals surface area contributed by atoms with E-state index < -0.39 is 11.4 Å². The smallest absolute Gasteiger partial charge is 0.310 e. The second-order valence-electron chi connectivity index (χ2n) is 5.42. The molecule has 1 heterocycles. The third-order valence-corrected chi connectivity index (χ3v) is 3.30. The molecule has 0 aliphatic carbocycles. The van der Waals surface area contributed by atoms with Gasteiger partial charge in [-0.2, -0.15) is 5.10 Å². The number of hydrogen-bond acceptors (Lipinski definition) is 3. The Labute approximate surface area is 112 Å². The molecule has 1 rings (SSSR count). The van der Waals surface area contributed by atoms with E-state index in [0.717, 1.165) is 17.0 Å². The minimum Gasteiger partial charge on any atom is -0.481 e. The number of carboxylic acid groups (broad SMARTS) is 1. The molecule has 6 nitrogen and oxygen atoms in total. The zero-order valence-electron chi connectivity index (χ0n) is 12.1. The van der Waals surface area contributed by atoms with Crippen molar-refractivity contribution in [3.63, 3.8) is 0 Å². The summed E-state index contributed by atoms with van der Waals surface area (Å²) in [6.07, 6.45) is 0.223. The van der Waals surface area contributed by atoms with Crippen LogP contribution >= 0.6 is 0 Å². The lowest BCUT2D eigenvalue weighted by molar-refractivity contribution is -0.146. The minimum absolute atomic E-state index is 0.111. The summed E-state index contributed by atoms with van der Waals surface area (Å²) < 4.78 is 1.74. The van der Waals surface area contributed by atoms with Crippen molar-refractivity contribution in [3.05, 3.63) is 17.0 Å². The number of amides is 1. The van der Waals surface area contributed by atoms with E-state index >= 15 is 0 Å². The summed E-state index contributed by atoms with van der Waals surface area (Å²) in [6.45, 7) is 7.03. The van der Waals surface area contributed by atoms with Gasteiger partial charge in [0.2, 0.25) is 5.91 Å². The van der Waals surface area contributed by atoms with Crippen molar-refractivity contribution in [2.24, 2.45) is 12.5 Å². The molecule has 0 spiro atoms. The monoisotopic (exact) mass is 267 g/mol. The van der Waals surface area contributed by atoms with E-state index in [4.69, 9.17) is 5.11 Å². The first-order chi connectivity index (χ1) is 8.65. The molecule has 19 heavy (non-hydrogen) atoms. The lowest BCUT2D eigenvalue weighted by Gasteiger charge is -2.19. The zero-order valence-corrected chi connectivity index (χ0v) is 12.1. The van der Waals surface area contributed by atoms with Crippen molar-refractivity contribution < 1.29 is 14.7 Å². The maximum Gasteiger partial charge on any atom is 0.310 e. The molecule has 6 heteroatoms. The Kier molecular flexibility index (Phi) is 4.34. The summed E-state index contributed by atoms with van der Waals surface area (Å²) in [5.41, 5.74) is 1.71. The summed E-state index contributed by atoms with van der Waals surface area (Å²) in [6, 6.07) is 0. The van der Waals surface area contributed by atoms with Gasteiger partial charge in [0.1, 0.15) is 0 Å². The number of hydrogen-bond donors (Lipinski definition) is 2. The van der Waals surface area contributed by atoms with Crippen LogP contribution in [-0.2, 0) is 23.1 Å².